The molecule has 25 heavy (non-hydrogen) atoms. The van der Waals surface area contributed by atoms with Crippen LogP contribution in [-0.2, 0) is 0 Å². The van der Waals surface area contributed by atoms with E-state index in [-0.39, 0.29) is 23.0 Å². The summed E-state index contributed by atoms with van der Waals surface area (Å²) in [5.74, 6) is -0.258. The second-order valence-electron chi connectivity index (χ2n) is 6.01. The summed E-state index contributed by atoms with van der Waals surface area (Å²) in [4.78, 5) is 24.3. The Labute approximate surface area is 145 Å². The first kappa shape index (κ1) is 17.0. The quantitative estimate of drug-likeness (QED) is 0.545. The fourth-order valence-electron chi connectivity index (χ4n) is 3.17. The number of Topliss-reactive ketones (excluding diaryl/α,β-unsaturated/α-hetero) is 1. The van der Waals surface area contributed by atoms with Crippen molar-refractivity contribution >= 4 is 16.8 Å². The first-order valence-electron chi connectivity index (χ1n) is 8.44. The summed E-state index contributed by atoms with van der Waals surface area (Å²) in [6, 6.07) is 14.1. The van der Waals surface area contributed by atoms with E-state index in [1.54, 1.807) is 36.4 Å². The lowest BCUT2D eigenvalue weighted by atomic mass is 9.88. The Morgan fingerprint density at radius 3 is 2.40 bits per heavy atom. The lowest BCUT2D eigenvalue weighted by molar-refractivity contribution is 0.0988. The SMILES string of the molecule is CCC(=O)c1ccc(C(CC)c2c(O)c3ccccc3oc2=O)cc1. The van der Waals surface area contributed by atoms with E-state index in [1.807, 2.05) is 26.0 Å². The van der Waals surface area contributed by atoms with Crippen LogP contribution < -0.4 is 5.63 Å². The number of fused-ring (bicyclic) bond motifs is 1. The van der Waals surface area contributed by atoms with E-state index in [9.17, 15) is 14.7 Å². The largest absolute Gasteiger partial charge is 0.507 e. The van der Waals surface area contributed by atoms with Gasteiger partial charge in [0.1, 0.15) is 11.3 Å². The van der Waals surface area contributed by atoms with Crippen LogP contribution in [0, 0.1) is 0 Å². The van der Waals surface area contributed by atoms with Gasteiger partial charge in [-0.15, -0.1) is 0 Å². The molecule has 0 amide bonds. The molecule has 1 N–H and O–H groups in total. The van der Waals surface area contributed by atoms with Gasteiger partial charge in [0, 0.05) is 17.9 Å². The highest BCUT2D eigenvalue weighted by atomic mass is 16.4. The molecule has 0 aliphatic rings. The fraction of sp³-hybridized carbons (Fsp3) is 0.238. The van der Waals surface area contributed by atoms with Crippen LogP contribution in [0.5, 0.6) is 5.75 Å². The summed E-state index contributed by atoms with van der Waals surface area (Å²) in [5.41, 5.74) is 1.61. The van der Waals surface area contributed by atoms with Gasteiger partial charge >= 0.3 is 5.63 Å². The molecular weight excluding hydrogens is 316 g/mol. The molecule has 128 valence electrons. The highest BCUT2D eigenvalue weighted by molar-refractivity contribution is 5.95. The van der Waals surface area contributed by atoms with Crippen LogP contribution in [0.3, 0.4) is 0 Å². The van der Waals surface area contributed by atoms with Gasteiger partial charge in [-0.05, 0) is 24.1 Å². The molecule has 3 aromatic rings. The van der Waals surface area contributed by atoms with E-state index in [1.165, 1.54) is 0 Å². The molecule has 0 aliphatic carbocycles. The topological polar surface area (TPSA) is 67.5 Å². The number of benzene rings is 2. The van der Waals surface area contributed by atoms with Crippen molar-refractivity contribution in [3.05, 3.63) is 75.6 Å². The van der Waals surface area contributed by atoms with Crippen molar-refractivity contribution in [3.8, 4) is 5.75 Å². The van der Waals surface area contributed by atoms with Crippen molar-refractivity contribution < 1.29 is 14.3 Å². The molecule has 0 saturated heterocycles. The summed E-state index contributed by atoms with van der Waals surface area (Å²) in [6.45, 7) is 3.77. The monoisotopic (exact) mass is 336 g/mol. The van der Waals surface area contributed by atoms with Crippen LogP contribution in [-0.4, -0.2) is 10.9 Å². The molecule has 4 nitrogen and oxygen atoms in total. The van der Waals surface area contributed by atoms with E-state index in [2.05, 4.69) is 0 Å². The van der Waals surface area contributed by atoms with E-state index in [0.717, 1.165) is 5.56 Å². The number of hydrogen-bond acceptors (Lipinski definition) is 4. The van der Waals surface area contributed by atoms with Crippen LogP contribution in [0.25, 0.3) is 11.0 Å². The average molecular weight is 336 g/mol. The number of para-hydroxylation sites is 1. The van der Waals surface area contributed by atoms with Crippen LogP contribution in [0.4, 0.5) is 0 Å². The van der Waals surface area contributed by atoms with Crippen molar-refractivity contribution in [2.24, 2.45) is 0 Å². The third kappa shape index (κ3) is 3.07. The smallest absolute Gasteiger partial charge is 0.343 e. The highest BCUT2D eigenvalue weighted by Crippen LogP contribution is 2.35. The van der Waals surface area contributed by atoms with Crippen LogP contribution >= 0.6 is 0 Å². The van der Waals surface area contributed by atoms with E-state index in [4.69, 9.17) is 4.42 Å². The second kappa shape index (κ2) is 6.93. The molecule has 4 heteroatoms. The van der Waals surface area contributed by atoms with E-state index >= 15 is 0 Å². The Morgan fingerprint density at radius 2 is 1.76 bits per heavy atom. The van der Waals surface area contributed by atoms with Gasteiger partial charge in [-0.25, -0.2) is 4.79 Å². The number of carbonyl (C=O) groups is 1. The second-order valence-corrected chi connectivity index (χ2v) is 6.01. The Balaban J connectivity index is 2.11. The standard InChI is InChI=1S/C21H20O4/c1-3-15(13-9-11-14(12-10-13)17(22)4-2)19-20(23)16-7-5-6-8-18(16)25-21(19)24/h5-12,15,23H,3-4H2,1-2H3. The van der Waals surface area contributed by atoms with E-state index < -0.39 is 5.63 Å². The Bertz CT molecular complexity index is 967. The van der Waals surface area contributed by atoms with Gasteiger partial charge in [0.2, 0.25) is 0 Å². The lowest BCUT2D eigenvalue weighted by Crippen LogP contribution is -2.14. The molecule has 0 spiro atoms. The van der Waals surface area contributed by atoms with Gasteiger partial charge in [-0.2, -0.15) is 0 Å². The number of aromatic hydroxyl groups is 1. The maximum Gasteiger partial charge on any atom is 0.343 e. The summed E-state index contributed by atoms with van der Waals surface area (Å²) >= 11 is 0. The van der Waals surface area contributed by atoms with Crippen molar-refractivity contribution in [3.63, 3.8) is 0 Å². The minimum Gasteiger partial charge on any atom is -0.507 e. The fourth-order valence-corrected chi connectivity index (χ4v) is 3.17. The minimum absolute atomic E-state index is 0.0348. The maximum absolute atomic E-state index is 12.5. The summed E-state index contributed by atoms with van der Waals surface area (Å²) < 4.78 is 5.39. The van der Waals surface area contributed by atoms with Gasteiger partial charge in [0.25, 0.3) is 0 Å². The zero-order chi connectivity index (χ0) is 18.0. The number of hydrogen-bond donors (Lipinski definition) is 1. The highest BCUT2D eigenvalue weighted by Gasteiger charge is 2.23. The zero-order valence-corrected chi connectivity index (χ0v) is 14.3. The molecule has 3 rings (SSSR count). The molecule has 1 atom stereocenters. The third-order valence-electron chi connectivity index (χ3n) is 4.53. The van der Waals surface area contributed by atoms with Gasteiger partial charge in [0.15, 0.2) is 5.78 Å². The number of ketones is 1. The van der Waals surface area contributed by atoms with Crippen LogP contribution in [0.15, 0.2) is 57.7 Å². The molecule has 1 unspecified atom stereocenters. The molecule has 0 aliphatic heterocycles. The Hall–Kier alpha value is -2.88. The maximum atomic E-state index is 12.5. The predicted molar refractivity (Wildman–Crippen MR) is 97.3 cm³/mol. The molecule has 0 bridgehead atoms. The van der Waals surface area contributed by atoms with Gasteiger partial charge < -0.3 is 9.52 Å². The number of carbonyl (C=O) groups excluding carboxylic acids is 1. The summed E-state index contributed by atoms with van der Waals surface area (Å²) in [7, 11) is 0. The van der Waals surface area contributed by atoms with Crippen LogP contribution in [0.2, 0.25) is 0 Å². The lowest BCUT2D eigenvalue weighted by Gasteiger charge is -2.17. The first-order valence-corrected chi connectivity index (χ1v) is 8.44. The Morgan fingerprint density at radius 1 is 1.08 bits per heavy atom. The predicted octanol–water partition coefficient (Wildman–Crippen LogP) is 4.63. The van der Waals surface area contributed by atoms with E-state index in [0.29, 0.717) is 29.4 Å². The summed E-state index contributed by atoms with van der Waals surface area (Å²) in [6.07, 6.45) is 1.07. The first-order chi connectivity index (χ1) is 12.1. The van der Waals surface area contributed by atoms with Crippen molar-refractivity contribution in [1.29, 1.82) is 0 Å². The van der Waals surface area contributed by atoms with Gasteiger partial charge in [0.05, 0.1) is 10.9 Å². The van der Waals surface area contributed by atoms with Crippen LogP contribution in [0.1, 0.15) is 54.1 Å². The minimum atomic E-state index is -0.531. The van der Waals surface area contributed by atoms with Crippen molar-refractivity contribution in [1.82, 2.24) is 0 Å². The summed E-state index contributed by atoms with van der Waals surface area (Å²) in [5, 5.41) is 11.2. The van der Waals surface area contributed by atoms with Gasteiger partial charge in [-0.1, -0.05) is 50.2 Å². The molecule has 0 saturated carbocycles. The molecule has 0 fully saturated rings. The molecular formula is C21H20O4. The number of rotatable bonds is 5. The third-order valence-corrected chi connectivity index (χ3v) is 4.53. The van der Waals surface area contributed by atoms with Gasteiger partial charge in [-0.3, -0.25) is 4.79 Å². The molecule has 1 aromatic heterocycles. The normalized spacial score (nSPS) is 12.2. The zero-order valence-electron chi connectivity index (χ0n) is 14.3. The molecule has 2 aromatic carbocycles. The molecule has 0 radical (unpaired) electrons. The van der Waals surface area contributed by atoms with Crippen molar-refractivity contribution in [2.75, 3.05) is 0 Å². The van der Waals surface area contributed by atoms with Crippen molar-refractivity contribution in [2.45, 2.75) is 32.6 Å². The average Bonchev–Trinajstić information content (AvgIpc) is 2.64. The molecule has 1 heterocycles. The Kier molecular flexibility index (Phi) is 4.70.